The van der Waals surface area contributed by atoms with Crippen LogP contribution in [0.25, 0.3) is 0 Å². The van der Waals surface area contributed by atoms with Gasteiger partial charge in [0.15, 0.2) is 0 Å². The predicted molar refractivity (Wildman–Crippen MR) is 83.8 cm³/mol. The summed E-state index contributed by atoms with van der Waals surface area (Å²) in [6, 6.07) is 11.9. The predicted octanol–water partition coefficient (Wildman–Crippen LogP) is 3.20. The van der Waals surface area contributed by atoms with Gasteiger partial charge in [-0.1, -0.05) is 37.3 Å². The zero-order chi connectivity index (χ0) is 15.1. The monoisotopic (exact) mass is 283 g/mol. The summed E-state index contributed by atoms with van der Waals surface area (Å²) in [5.74, 6) is 0. The molecular formula is C17H21N3O. The first kappa shape index (κ1) is 15.0. The number of carbonyl (C=O) groups excluding carboxylic acids is 1. The van der Waals surface area contributed by atoms with Gasteiger partial charge in [0, 0.05) is 18.9 Å². The molecule has 0 saturated heterocycles. The smallest absolute Gasteiger partial charge is 0.315 e. The number of nitrogens with zero attached hydrogens (tertiary/aromatic N) is 1. The summed E-state index contributed by atoms with van der Waals surface area (Å²) < 4.78 is 0. The molecule has 2 aromatic rings. The van der Waals surface area contributed by atoms with E-state index in [1.165, 1.54) is 5.56 Å². The van der Waals surface area contributed by atoms with Crippen LogP contribution >= 0.6 is 0 Å². The Bertz CT molecular complexity index is 566. The lowest BCUT2D eigenvalue weighted by Crippen LogP contribution is -2.36. The molecule has 1 heterocycles. The molecule has 2 rings (SSSR count). The molecular weight excluding hydrogens is 262 g/mol. The van der Waals surface area contributed by atoms with Crippen LogP contribution < -0.4 is 10.6 Å². The maximum atomic E-state index is 11.9. The molecule has 0 saturated carbocycles. The van der Waals surface area contributed by atoms with E-state index in [4.69, 9.17) is 0 Å². The molecule has 1 atom stereocenters. The average molecular weight is 283 g/mol. The molecule has 1 aromatic heterocycles. The summed E-state index contributed by atoms with van der Waals surface area (Å²) in [4.78, 5) is 15.9. The maximum Gasteiger partial charge on any atom is 0.315 e. The van der Waals surface area contributed by atoms with Crippen LogP contribution in [-0.4, -0.2) is 11.0 Å². The van der Waals surface area contributed by atoms with Crippen LogP contribution in [0, 0.1) is 0 Å². The number of benzene rings is 1. The number of aromatic nitrogens is 1. The lowest BCUT2D eigenvalue weighted by Gasteiger charge is -2.15. The van der Waals surface area contributed by atoms with Crippen molar-refractivity contribution in [3.8, 4) is 0 Å². The van der Waals surface area contributed by atoms with Crippen LogP contribution in [0.15, 0.2) is 48.8 Å². The van der Waals surface area contributed by atoms with Crippen molar-refractivity contribution >= 4 is 6.03 Å². The van der Waals surface area contributed by atoms with Crippen molar-refractivity contribution in [2.45, 2.75) is 32.9 Å². The Kier molecular flexibility index (Phi) is 5.32. The van der Waals surface area contributed by atoms with E-state index in [2.05, 4.69) is 46.8 Å². The lowest BCUT2D eigenvalue weighted by atomic mass is 10.1. The summed E-state index contributed by atoms with van der Waals surface area (Å²) in [6.45, 7) is 4.58. The van der Waals surface area contributed by atoms with E-state index in [1.807, 2.05) is 19.1 Å². The number of carbonyl (C=O) groups is 1. The fourth-order valence-corrected chi connectivity index (χ4v) is 2.06. The van der Waals surface area contributed by atoms with Crippen molar-refractivity contribution < 1.29 is 4.79 Å². The van der Waals surface area contributed by atoms with E-state index in [0.29, 0.717) is 6.54 Å². The summed E-state index contributed by atoms with van der Waals surface area (Å²) in [7, 11) is 0. The molecule has 0 fully saturated rings. The number of urea groups is 1. The van der Waals surface area contributed by atoms with Gasteiger partial charge in [0.05, 0.1) is 6.04 Å². The van der Waals surface area contributed by atoms with E-state index in [9.17, 15) is 4.79 Å². The summed E-state index contributed by atoms with van der Waals surface area (Å²) in [5, 5.41) is 5.77. The highest BCUT2D eigenvalue weighted by Gasteiger charge is 2.08. The van der Waals surface area contributed by atoms with Crippen LogP contribution in [0.1, 0.15) is 36.6 Å². The fraction of sp³-hybridized carbons (Fsp3) is 0.294. The minimum Gasteiger partial charge on any atom is -0.334 e. The second-order valence-corrected chi connectivity index (χ2v) is 5.01. The topological polar surface area (TPSA) is 54.0 Å². The molecule has 21 heavy (non-hydrogen) atoms. The van der Waals surface area contributed by atoms with E-state index < -0.39 is 0 Å². The van der Waals surface area contributed by atoms with Gasteiger partial charge in [-0.2, -0.15) is 0 Å². The number of hydrogen-bond acceptors (Lipinski definition) is 2. The first-order valence-electron chi connectivity index (χ1n) is 7.21. The Morgan fingerprint density at radius 2 is 1.95 bits per heavy atom. The van der Waals surface area contributed by atoms with Crippen LogP contribution in [-0.2, 0) is 13.0 Å². The number of rotatable bonds is 5. The Morgan fingerprint density at radius 1 is 1.19 bits per heavy atom. The van der Waals surface area contributed by atoms with Gasteiger partial charge in [0.1, 0.15) is 0 Å². The van der Waals surface area contributed by atoms with Crippen molar-refractivity contribution in [3.63, 3.8) is 0 Å². The molecule has 2 amide bonds. The van der Waals surface area contributed by atoms with Crippen molar-refractivity contribution in [2.24, 2.45) is 0 Å². The Balaban J connectivity index is 1.83. The van der Waals surface area contributed by atoms with Gasteiger partial charge in [-0.25, -0.2) is 4.79 Å². The molecule has 0 aliphatic carbocycles. The molecule has 0 spiro atoms. The molecule has 110 valence electrons. The second kappa shape index (κ2) is 7.43. The average Bonchev–Trinajstić information content (AvgIpc) is 2.54. The minimum absolute atomic E-state index is 0.0233. The first-order chi connectivity index (χ1) is 10.2. The maximum absolute atomic E-state index is 11.9. The van der Waals surface area contributed by atoms with Crippen molar-refractivity contribution in [2.75, 3.05) is 0 Å². The lowest BCUT2D eigenvalue weighted by molar-refractivity contribution is 0.237. The second-order valence-electron chi connectivity index (χ2n) is 5.01. The molecule has 1 aromatic carbocycles. The van der Waals surface area contributed by atoms with Gasteiger partial charge in [0.25, 0.3) is 0 Å². The van der Waals surface area contributed by atoms with E-state index in [0.717, 1.165) is 17.5 Å². The van der Waals surface area contributed by atoms with Crippen LogP contribution in [0.5, 0.6) is 0 Å². The normalized spacial score (nSPS) is 11.7. The van der Waals surface area contributed by atoms with Crippen LogP contribution in [0.3, 0.4) is 0 Å². The summed E-state index contributed by atoms with van der Waals surface area (Å²) >= 11 is 0. The Morgan fingerprint density at radius 3 is 2.57 bits per heavy atom. The summed E-state index contributed by atoms with van der Waals surface area (Å²) in [6.07, 6.45) is 4.48. The molecule has 1 unspecified atom stereocenters. The van der Waals surface area contributed by atoms with E-state index in [-0.39, 0.29) is 12.1 Å². The number of aryl methyl sites for hydroxylation is 1. The number of nitrogens with one attached hydrogen (secondary N) is 2. The Hall–Kier alpha value is -2.36. The van der Waals surface area contributed by atoms with E-state index >= 15 is 0 Å². The third-order valence-electron chi connectivity index (χ3n) is 3.41. The third-order valence-corrected chi connectivity index (χ3v) is 3.41. The largest absolute Gasteiger partial charge is 0.334 e. The van der Waals surface area contributed by atoms with Crippen molar-refractivity contribution in [3.05, 3.63) is 65.5 Å². The molecule has 4 nitrogen and oxygen atoms in total. The highest BCUT2D eigenvalue weighted by Crippen LogP contribution is 2.13. The van der Waals surface area contributed by atoms with Crippen LogP contribution in [0.2, 0.25) is 0 Å². The number of amides is 2. The SMILES string of the molecule is CCc1ccc(C(C)NC(=O)NCc2cccnc2)cc1. The quantitative estimate of drug-likeness (QED) is 0.885. The molecule has 0 radical (unpaired) electrons. The van der Waals surface area contributed by atoms with Gasteiger partial charge in [-0.3, -0.25) is 4.98 Å². The van der Waals surface area contributed by atoms with Gasteiger partial charge in [-0.05, 0) is 36.1 Å². The highest BCUT2D eigenvalue weighted by molar-refractivity contribution is 5.74. The highest BCUT2D eigenvalue weighted by atomic mass is 16.2. The number of pyridine rings is 1. The number of hydrogen-bond donors (Lipinski definition) is 2. The first-order valence-corrected chi connectivity index (χ1v) is 7.21. The van der Waals surface area contributed by atoms with Gasteiger partial charge in [-0.15, -0.1) is 0 Å². The van der Waals surface area contributed by atoms with Crippen molar-refractivity contribution in [1.29, 1.82) is 0 Å². The Labute approximate surface area is 125 Å². The van der Waals surface area contributed by atoms with Gasteiger partial charge >= 0.3 is 6.03 Å². The fourth-order valence-electron chi connectivity index (χ4n) is 2.06. The van der Waals surface area contributed by atoms with Gasteiger partial charge < -0.3 is 10.6 Å². The zero-order valence-electron chi connectivity index (χ0n) is 12.5. The summed E-state index contributed by atoms with van der Waals surface area (Å²) in [5.41, 5.74) is 3.38. The molecule has 0 aliphatic rings. The molecule has 0 aliphatic heterocycles. The minimum atomic E-state index is -0.175. The molecule has 0 bridgehead atoms. The van der Waals surface area contributed by atoms with Gasteiger partial charge in [0.2, 0.25) is 0 Å². The van der Waals surface area contributed by atoms with E-state index in [1.54, 1.807) is 12.4 Å². The van der Waals surface area contributed by atoms with Crippen molar-refractivity contribution in [1.82, 2.24) is 15.6 Å². The van der Waals surface area contributed by atoms with Crippen LogP contribution in [0.4, 0.5) is 4.79 Å². The standard InChI is InChI=1S/C17H21N3O/c1-3-14-6-8-16(9-7-14)13(2)20-17(21)19-12-15-5-4-10-18-11-15/h4-11,13H,3,12H2,1-2H3,(H2,19,20,21). The molecule has 2 N–H and O–H groups in total. The molecule has 4 heteroatoms. The third kappa shape index (κ3) is 4.60. The zero-order valence-corrected chi connectivity index (χ0v) is 12.5.